The molecule has 2 aromatic rings. The van der Waals surface area contributed by atoms with Crippen molar-refractivity contribution in [2.45, 2.75) is 19.4 Å². The minimum Gasteiger partial charge on any atom is -0.396 e. The monoisotopic (exact) mass is 327 g/mol. The number of nitrogens with zero attached hydrogens (tertiary/aromatic N) is 3. The highest BCUT2D eigenvalue weighted by Gasteiger charge is 2.23. The van der Waals surface area contributed by atoms with Crippen LogP contribution in [0, 0.1) is 5.92 Å². The summed E-state index contributed by atoms with van der Waals surface area (Å²) in [4.78, 5) is 26.2. The molecule has 1 aliphatic heterocycles. The third-order valence-corrected chi connectivity index (χ3v) is 4.35. The van der Waals surface area contributed by atoms with Crippen molar-refractivity contribution in [3.8, 4) is 11.3 Å². The molecule has 1 unspecified atom stereocenters. The van der Waals surface area contributed by atoms with Crippen LogP contribution in [0.2, 0.25) is 0 Å². The largest absolute Gasteiger partial charge is 0.396 e. The summed E-state index contributed by atoms with van der Waals surface area (Å²) in [6, 6.07) is 12.7. The summed E-state index contributed by atoms with van der Waals surface area (Å²) in [6.07, 6.45) is 1.81. The normalized spacial score (nSPS) is 17.7. The summed E-state index contributed by atoms with van der Waals surface area (Å²) < 4.78 is 1.22. The lowest BCUT2D eigenvalue weighted by molar-refractivity contribution is -0.134. The van der Waals surface area contributed by atoms with Crippen LogP contribution in [0.5, 0.6) is 0 Å². The highest BCUT2D eigenvalue weighted by Crippen LogP contribution is 2.17. The van der Waals surface area contributed by atoms with Gasteiger partial charge in [0, 0.05) is 31.3 Å². The van der Waals surface area contributed by atoms with Crippen molar-refractivity contribution >= 4 is 5.91 Å². The smallest absolute Gasteiger partial charge is 0.267 e. The van der Waals surface area contributed by atoms with Gasteiger partial charge in [0.1, 0.15) is 6.54 Å². The van der Waals surface area contributed by atoms with Crippen LogP contribution in [0.3, 0.4) is 0 Å². The van der Waals surface area contributed by atoms with Crippen molar-refractivity contribution in [3.63, 3.8) is 0 Å². The number of carbonyl (C=O) groups excluding carboxylic acids is 1. The van der Waals surface area contributed by atoms with Crippen molar-refractivity contribution < 1.29 is 9.90 Å². The number of piperidine rings is 1. The van der Waals surface area contributed by atoms with Gasteiger partial charge in [0.15, 0.2) is 0 Å². The summed E-state index contributed by atoms with van der Waals surface area (Å²) in [6.45, 7) is 1.23. The van der Waals surface area contributed by atoms with E-state index in [-0.39, 0.29) is 30.5 Å². The maximum Gasteiger partial charge on any atom is 0.267 e. The second kappa shape index (κ2) is 7.40. The van der Waals surface area contributed by atoms with Crippen LogP contribution in [0.4, 0.5) is 0 Å². The number of hydrogen-bond acceptors (Lipinski definition) is 4. The molecule has 3 rings (SSSR count). The van der Waals surface area contributed by atoms with Crippen molar-refractivity contribution in [1.29, 1.82) is 0 Å². The Hall–Kier alpha value is -2.47. The fourth-order valence-corrected chi connectivity index (χ4v) is 2.99. The molecule has 24 heavy (non-hydrogen) atoms. The van der Waals surface area contributed by atoms with E-state index in [9.17, 15) is 14.7 Å². The number of aliphatic hydroxyl groups is 1. The Morgan fingerprint density at radius 3 is 2.75 bits per heavy atom. The Balaban J connectivity index is 1.77. The molecule has 1 aromatic carbocycles. The van der Waals surface area contributed by atoms with Gasteiger partial charge < -0.3 is 10.0 Å². The zero-order chi connectivity index (χ0) is 16.9. The SMILES string of the molecule is O=C(Cn1nc(-c2ccccc2)ccc1=O)N1CCCC(CO)C1. The van der Waals surface area contributed by atoms with Crippen LogP contribution < -0.4 is 5.56 Å². The number of aliphatic hydroxyl groups excluding tert-OH is 1. The predicted octanol–water partition coefficient (Wildman–Crippen LogP) is 1.14. The summed E-state index contributed by atoms with van der Waals surface area (Å²) in [5, 5.41) is 13.6. The maximum absolute atomic E-state index is 12.5. The summed E-state index contributed by atoms with van der Waals surface area (Å²) in [7, 11) is 0. The fraction of sp³-hybridized carbons (Fsp3) is 0.389. The molecule has 0 saturated carbocycles. The van der Waals surface area contributed by atoms with E-state index in [4.69, 9.17) is 0 Å². The summed E-state index contributed by atoms with van der Waals surface area (Å²) in [5.41, 5.74) is 1.27. The summed E-state index contributed by atoms with van der Waals surface area (Å²) >= 11 is 0. The molecule has 6 heteroatoms. The maximum atomic E-state index is 12.5. The molecule has 1 fully saturated rings. The zero-order valence-corrected chi connectivity index (χ0v) is 13.5. The standard InChI is InChI=1S/C18H21N3O3/c22-13-14-5-4-10-20(11-14)18(24)12-21-17(23)9-8-16(19-21)15-6-2-1-3-7-15/h1-3,6-9,14,22H,4-5,10-13H2. The van der Waals surface area contributed by atoms with Gasteiger partial charge in [0.25, 0.3) is 5.56 Å². The van der Waals surface area contributed by atoms with Crippen LogP contribution in [0.15, 0.2) is 47.3 Å². The molecule has 1 aromatic heterocycles. The molecule has 1 aliphatic rings. The third-order valence-electron chi connectivity index (χ3n) is 4.35. The van der Waals surface area contributed by atoms with Crippen LogP contribution in [-0.2, 0) is 11.3 Å². The summed E-state index contributed by atoms with van der Waals surface area (Å²) in [5.74, 6) is -0.00371. The predicted molar refractivity (Wildman–Crippen MR) is 90.3 cm³/mol. The molecular formula is C18H21N3O3. The van der Waals surface area contributed by atoms with Gasteiger partial charge in [0.2, 0.25) is 5.91 Å². The number of carbonyl (C=O) groups is 1. The first-order chi connectivity index (χ1) is 11.7. The van der Waals surface area contributed by atoms with E-state index in [2.05, 4.69) is 5.10 Å². The number of likely N-dealkylation sites (tertiary alicyclic amines) is 1. The topological polar surface area (TPSA) is 75.4 Å². The zero-order valence-electron chi connectivity index (χ0n) is 13.5. The number of aromatic nitrogens is 2. The molecule has 126 valence electrons. The highest BCUT2D eigenvalue weighted by molar-refractivity contribution is 5.76. The Morgan fingerprint density at radius 2 is 2.00 bits per heavy atom. The van der Waals surface area contributed by atoms with Gasteiger partial charge in [-0.3, -0.25) is 9.59 Å². The molecule has 1 amide bonds. The Bertz CT molecular complexity index is 758. The number of amides is 1. The van der Waals surface area contributed by atoms with Gasteiger partial charge in [-0.25, -0.2) is 4.68 Å². The van der Waals surface area contributed by atoms with Crippen molar-refractivity contribution in [3.05, 3.63) is 52.8 Å². The van der Waals surface area contributed by atoms with Gasteiger partial charge >= 0.3 is 0 Å². The number of benzene rings is 1. The average molecular weight is 327 g/mol. The van der Waals surface area contributed by atoms with E-state index >= 15 is 0 Å². The first kappa shape index (κ1) is 16.4. The second-order valence-corrected chi connectivity index (χ2v) is 6.11. The molecule has 0 spiro atoms. The fourth-order valence-electron chi connectivity index (χ4n) is 2.99. The van der Waals surface area contributed by atoms with Gasteiger partial charge in [0.05, 0.1) is 5.69 Å². The lowest BCUT2D eigenvalue weighted by atomic mass is 9.99. The lowest BCUT2D eigenvalue weighted by Gasteiger charge is -2.31. The Morgan fingerprint density at radius 1 is 1.21 bits per heavy atom. The Kier molecular flexibility index (Phi) is 5.05. The van der Waals surface area contributed by atoms with Gasteiger partial charge in [-0.1, -0.05) is 30.3 Å². The molecule has 2 heterocycles. The highest BCUT2D eigenvalue weighted by atomic mass is 16.3. The third kappa shape index (κ3) is 3.71. The van der Waals surface area contributed by atoms with E-state index in [1.807, 2.05) is 30.3 Å². The molecule has 1 atom stereocenters. The van der Waals surface area contributed by atoms with E-state index in [1.165, 1.54) is 10.7 Å². The number of rotatable bonds is 4. The van der Waals surface area contributed by atoms with Crippen molar-refractivity contribution in [2.24, 2.45) is 5.92 Å². The molecule has 0 bridgehead atoms. The minimum atomic E-state index is -0.293. The van der Waals surface area contributed by atoms with Crippen LogP contribution >= 0.6 is 0 Å². The molecule has 1 saturated heterocycles. The number of hydrogen-bond donors (Lipinski definition) is 1. The second-order valence-electron chi connectivity index (χ2n) is 6.11. The van der Waals surface area contributed by atoms with Crippen molar-refractivity contribution in [2.75, 3.05) is 19.7 Å². The Labute approximate surface area is 140 Å². The van der Waals surface area contributed by atoms with Gasteiger partial charge in [-0.2, -0.15) is 5.10 Å². The molecule has 1 N–H and O–H groups in total. The minimum absolute atomic E-state index is 0.0718. The van der Waals surface area contributed by atoms with Crippen LogP contribution in [0.25, 0.3) is 11.3 Å². The van der Waals surface area contributed by atoms with E-state index in [1.54, 1.807) is 11.0 Å². The quantitative estimate of drug-likeness (QED) is 0.914. The van der Waals surface area contributed by atoms with Crippen LogP contribution in [-0.4, -0.2) is 45.4 Å². The van der Waals surface area contributed by atoms with Gasteiger partial charge in [-0.15, -0.1) is 0 Å². The molecule has 0 radical (unpaired) electrons. The van der Waals surface area contributed by atoms with E-state index in [0.29, 0.717) is 18.8 Å². The van der Waals surface area contributed by atoms with E-state index in [0.717, 1.165) is 18.4 Å². The molecule has 6 nitrogen and oxygen atoms in total. The van der Waals surface area contributed by atoms with Gasteiger partial charge in [-0.05, 0) is 24.8 Å². The van der Waals surface area contributed by atoms with E-state index < -0.39 is 0 Å². The van der Waals surface area contributed by atoms with Crippen LogP contribution in [0.1, 0.15) is 12.8 Å². The van der Waals surface area contributed by atoms with Crippen molar-refractivity contribution in [1.82, 2.24) is 14.7 Å². The first-order valence-electron chi connectivity index (χ1n) is 8.19. The average Bonchev–Trinajstić information content (AvgIpc) is 2.64. The molecular weight excluding hydrogens is 306 g/mol. The first-order valence-corrected chi connectivity index (χ1v) is 8.19. The lowest BCUT2D eigenvalue weighted by Crippen LogP contribution is -2.43. The molecule has 0 aliphatic carbocycles.